The van der Waals surface area contributed by atoms with E-state index in [0.29, 0.717) is 11.9 Å². The largest absolute Gasteiger partial charge is 0.354 e. The summed E-state index contributed by atoms with van der Waals surface area (Å²) >= 11 is 5.83. The van der Waals surface area contributed by atoms with Gasteiger partial charge in [0, 0.05) is 13.1 Å². The molecule has 0 bridgehead atoms. The van der Waals surface area contributed by atoms with Gasteiger partial charge in [0.05, 0.1) is 0 Å². The molecule has 0 spiro atoms. The van der Waals surface area contributed by atoms with Crippen LogP contribution in [0.2, 0.25) is 5.28 Å². The van der Waals surface area contributed by atoms with Crippen molar-refractivity contribution in [2.75, 3.05) is 23.7 Å². The monoisotopic (exact) mass is 257 g/mol. The molecule has 0 aromatic carbocycles. The van der Waals surface area contributed by atoms with E-state index in [-0.39, 0.29) is 5.28 Å². The van der Waals surface area contributed by atoms with Gasteiger partial charge in [-0.05, 0) is 24.4 Å². The first-order valence-electron chi connectivity index (χ1n) is 6.15. The molecule has 0 fully saturated rings. The smallest absolute Gasteiger partial charge is 0.228 e. The van der Waals surface area contributed by atoms with Crippen LogP contribution in [0.3, 0.4) is 0 Å². The van der Waals surface area contributed by atoms with Crippen LogP contribution in [0.1, 0.15) is 39.5 Å². The van der Waals surface area contributed by atoms with Gasteiger partial charge in [-0.2, -0.15) is 15.0 Å². The third-order valence-electron chi connectivity index (χ3n) is 2.20. The van der Waals surface area contributed by atoms with Crippen LogP contribution in [0.15, 0.2) is 0 Å². The van der Waals surface area contributed by atoms with Gasteiger partial charge in [0.1, 0.15) is 0 Å². The van der Waals surface area contributed by atoms with E-state index in [2.05, 4.69) is 39.4 Å². The van der Waals surface area contributed by atoms with E-state index in [4.69, 9.17) is 11.6 Å². The minimum absolute atomic E-state index is 0.219. The molecule has 0 aliphatic heterocycles. The second-order valence-corrected chi connectivity index (χ2v) is 4.15. The first kappa shape index (κ1) is 14.0. The van der Waals surface area contributed by atoms with Crippen molar-refractivity contribution < 1.29 is 0 Å². The Hall–Kier alpha value is -1.10. The molecule has 2 N–H and O–H groups in total. The summed E-state index contributed by atoms with van der Waals surface area (Å²) in [6, 6.07) is 0. The second-order valence-electron chi connectivity index (χ2n) is 3.81. The third-order valence-corrected chi connectivity index (χ3v) is 2.37. The lowest BCUT2D eigenvalue weighted by molar-refractivity contribution is 0.740. The number of aromatic nitrogens is 3. The van der Waals surface area contributed by atoms with Crippen LogP contribution in [-0.2, 0) is 0 Å². The maximum absolute atomic E-state index is 5.83. The molecule has 5 nitrogen and oxygen atoms in total. The lowest BCUT2D eigenvalue weighted by Gasteiger charge is -2.07. The molecule has 0 amide bonds. The number of hydrogen-bond acceptors (Lipinski definition) is 5. The molecule has 17 heavy (non-hydrogen) atoms. The Morgan fingerprint density at radius 2 is 1.53 bits per heavy atom. The molecule has 1 aromatic heterocycles. The highest BCUT2D eigenvalue weighted by molar-refractivity contribution is 6.28. The van der Waals surface area contributed by atoms with Crippen LogP contribution < -0.4 is 10.6 Å². The predicted molar refractivity (Wildman–Crippen MR) is 71.6 cm³/mol. The number of nitrogens with zero attached hydrogens (tertiary/aromatic N) is 3. The second kappa shape index (κ2) is 8.06. The molecule has 0 atom stereocenters. The molecule has 6 heteroatoms. The van der Waals surface area contributed by atoms with E-state index in [9.17, 15) is 0 Å². The quantitative estimate of drug-likeness (QED) is 0.701. The molecule has 0 saturated heterocycles. The molecule has 1 aromatic rings. The average molecular weight is 258 g/mol. The van der Waals surface area contributed by atoms with Crippen LogP contribution in [0.25, 0.3) is 0 Å². The summed E-state index contributed by atoms with van der Waals surface area (Å²) in [5, 5.41) is 6.46. The Bertz CT molecular complexity index is 332. The Labute approximate surface area is 107 Å². The lowest BCUT2D eigenvalue weighted by Crippen LogP contribution is -2.10. The van der Waals surface area contributed by atoms with Gasteiger partial charge in [-0.1, -0.05) is 26.7 Å². The van der Waals surface area contributed by atoms with E-state index in [0.717, 1.165) is 25.9 Å². The molecule has 0 unspecified atom stereocenters. The lowest BCUT2D eigenvalue weighted by atomic mass is 10.2. The first-order valence-corrected chi connectivity index (χ1v) is 6.53. The number of unbranched alkanes of at least 4 members (excludes halogenated alkanes) is 2. The summed E-state index contributed by atoms with van der Waals surface area (Å²) in [5.41, 5.74) is 0. The maximum atomic E-state index is 5.83. The van der Waals surface area contributed by atoms with E-state index in [1.54, 1.807) is 0 Å². The first-order chi connectivity index (χ1) is 8.26. The third kappa shape index (κ3) is 5.68. The highest BCUT2D eigenvalue weighted by Gasteiger charge is 2.03. The van der Waals surface area contributed by atoms with Gasteiger partial charge in [-0.25, -0.2) is 0 Å². The minimum atomic E-state index is 0.219. The molecular weight excluding hydrogens is 238 g/mol. The van der Waals surface area contributed by atoms with Crippen LogP contribution in [-0.4, -0.2) is 28.0 Å². The molecular formula is C11H20ClN5. The van der Waals surface area contributed by atoms with Crippen molar-refractivity contribution in [1.82, 2.24) is 15.0 Å². The normalized spacial score (nSPS) is 10.3. The van der Waals surface area contributed by atoms with Gasteiger partial charge in [-0.15, -0.1) is 0 Å². The SMILES string of the molecule is CCCCCNc1nc(Cl)nc(NCCC)n1. The van der Waals surface area contributed by atoms with Crippen molar-refractivity contribution in [2.45, 2.75) is 39.5 Å². The Kier molecular flexibility index (Phi) is 6.62. The van der Waals surface area contributed by atoms with Crippen LogP contribution in [0.4, 0.5) is 11.9 Å². The molecule has 0 radical (unpaired) electrons. The Balaban J connectivity index is 2.50. The van der Waals surface area contributed by atoms with E-state index < -0.39 is 0 Å². The Morgan fingerprint density at radius 3 is 2.12 bits per heavy atom. The number of hydrogen-bond donors (Lipinski definition) is 2. The van der Waals surface area contributed by atoms with Crippen molar-refractivity contribution in [3.63, 3.8) is 0 Å². The molecule has 0 saturated carbocycles. The van der Waals surface area contributed by atoms with E-state index in [1.165, 1.54) is 12.8 Å². The fourth-order valence-corrected chi connectivity index (χ4v) is 1.48. The zero-order chi connectivity index (χ0) is 12.5. The topological polar surface area (TPSA) is 62.7 Å². The van der Waals surface area contributed by atoms with E-state index >= 15 is 0 Å². The molecule has 0 aliphatic carbocycles. The van der Waals surface area contributed by atoms with Crippen LogP contribution in [0, 0.1) is 0 Å². The summed E-state index contributed by atoms with van der Waals surface area (Å²) < 4.78 is 0. The van der Waals surface area contributed by atoms with Gasteiger partial charge < -0.3 is 10.6 Å². The summed E-state index contributed by atoms with van der Waals surface area (Å²) in [7, 11) is 0. The van der Waals surface area contributed by atoms with Crippen LogP contribution >= 0.6 is 11.6 Å². The summed E-state index contributed by atoms with van der Waals surface area (Å²) in [6.07, 6.45) is 4.52. The molecule has 1 heterocycles. The fourth-order valence-electron chi connectivity index (χ4n) is 1.32. The van der Waals surface area contributed by atoms with Crippen molar-refractivity contribution in [3.8, 4) is 0 Å². The number of nitrogens with one attached hydrogen (secondary N) is 2. The average Bonchev–Trinajstić information content (AvgIpc) is 2.31. The van der Waals surface area contributed by atoms with Gasteiger partial charge in [0.2, 0.25) is 17.2 Å². The van der Waals surface area contributed by atoms with E-state index in [1.807, 2.05) is 0 Å². The fraction of sp³-hybridized carbons (Fsp3) is 0.727. The van der Waals surface area contributed by atoms with Crippen molar-refractivity contribution in [3.05, 3.63) is 5.28 Å². The van der Waals surface area contributed by atoms with Crippen molar-refractivity contribution in [2.24, 2.45) is 0 Å². The van der Waals surface area contributed by atoms with Crippen molar-refractivity contribution in [1.29, 1.82) is 0 Å². The standard InChI is InChI=1S/C11H20ClN5/c1-3-5-6-8-14-11-16-9(12)15-10(17-11)13-7-4-2/h3-8H2,1-2H3,(H2,13,14,15,16,17). The van der Waals surface area contributed by atoms with Crippen LogP contribution in [0.5, 0.6) is 0 Å². The molecule has 96 valence electrons. The maximum Gasteiger partial charge on any atom is 0.228 e. The molecule has 1 rings (SSSR count). The van der Waals surface area contributed by atoms with Gasteiger partial charge in [-0.3, -0.25) is 0 Å². The minimum Gasteiger partial charge on any atom is -0.354 e. The number of anilines is 2. The zero-order valence-electron chi connectivity index (χ0n) is 10.5. The number of halogens is 1. The highest BCUT2D eigenvalue weighted by atomic mass is 35.5. The van der Waals surface area contributed by atoms with Gasteiger partial charge in [0.15, 0.2) is 0 Å². The predicted octanol–water partition coefficient (Wildman–Crippen LogP) is 2.95. The summed E-state index contributed by atoms with van der Waals surface area (Å²) in [5.74, 6) is 1.07. The van der Waals surface area contributed by atoms with Gasteiger partial charge >= 0.3 is 0 Å². The molecule has 0 aliphatic rings. The summed E-state index contributed by atoms with van der Waals surface area (Å²) in [6.45, 7) is 5.95. The Morgan fingerprint density at radius 1 is 0.882 bits per heavy atom. The summed E-state index contributed by atoms with van der Waals surface area (Å²) in [4.78, 5) is 12.3. The van der Waals surface area contributed by atoms with Gasteiger partial charge in [0.25, 0.3) is 0 Å². The zero-order valence-corrected chi connectivity index (χ0v) is 11.2. The van der Waals surface area contributed by atoms with Crippen molar-refractivity contribution >= 4 is 23.5 Å². The highest BCUT2D eigenvalue weighted by Crippen LogP contribution is 2.09. The number of rotatable bonds is 8.